The molecule has 18 heavy (non-hydrogen) atoms. The van der Waals surface area contributed by atoms with Gasteiger partial charge in [-0.25, -0.2) is 4.39 Å². The van der Waals surface area contributed by atoms with Gasteiger partial charge in [0.15, 0.2) is 6.29 Å². The third-order valence-electron chi connectivity index (χ3n) is 3.02. The van der Waals surface area contributed by atoms with E-state index < -0.39 is 0 Å². The van der Waals surface area contributed by atoms with E-state index in [-0.39, 0.29) is 5.82 Å². The Morgan fingerprint density at radius 2 is 1.78 bits per heavy atom. The Balaban J connectivity index is 2.91. The van der Waals surface area contributed by atoms with Gasteiger partial charge in [0, 0.05) is 24.3 Å². The average molecular weight is 251 g/mol. The van der Waals surface area contributed by atoms with Gasteiger partial charge in [0.2, 0.25) is 0 Å². The minimum atomic E-state index is -0.355. The highest BCUT2D eigenvalue weighted by molar-refractivity contribution is 5.84. The predicted molar refractivity (Wildman–Crippen MR) is 73.8 cm³/mol. The molecule has 0 unspecified atom stereocenters. The maximum atomic E-state index is 13.1. The SMILES string of the molecule is CCCCN(CCCC)c1ccc(F)cc1C=O. The number of carbonyl (C=O) groups is 1. The van der Waals surface area contributed by atoms with Crippen LogP contribution in [0.4, 0.5) is 10.1 Å². The fourth-order valence-corrected chi connectivity index (χ4v) is 1.96. The molecular formula is C15H22FNO. The Kier molecular flexibility index (Phi) is 6.40. The van der Waals surface area contributed by atoms with Gasteiger partial charge in [-0.1, -0.05) is 26.7 Å². The third kappa shape index (κ3) is 4.13. The van der Waals surface area contributed by atoms with E-state index in [4.69, 9.17) is 0 Å². The first kappa shape index (κ1) is 14.7. The lowest BCUT2D eigenvalue weighted by Gasteiger charge is -2.26. The summed E-state index contributed by atoms with van der Waals surface area (Å²) in [5.74, 6) is -0.355. The molecule has 0 atom stereocenters. The van der Waals surface area contributed by atoms with E-state index in [0.29, 0.717) is 5.56 Å². The number of hydrogen-bond acceptors (Lipinski definition) is 2. The van der Waals surface area contributed by atoms with Gasteiger partial charge in [-0.05, 0) is 31.0 Å². The van der Waals surface area contributed by atoms with Crippen molar-refractivity contribution in [3.8, 4) is 0 Å². The van der Waals surface area contributed by atoms with Crippen LogP contribution in [0.5, 0.6) is 0 Å². The standard InChI is InChI=1S/C15H22FNO/c1-3-5-9-17(10-6-4-2)15-8-7-14(16)11-13(15)12-18/h7-8,11-12H,3-6,9-10H2,1-2H3. The number of nitrogens with zero attached hydrogens (tertiary/aromatic N) is 1. The van der Waals surface area contributed by atoms with Crippen LogP contribution in [-0.4, -0.2) is 19.4 Å². The summed E-state index contributed by atoms with van der Waals surface area (Å²) in [7, 11) is 0. The molecular weight excluding hydrogens is 229 g/mol. The van der Waals surface area contributed by atoms with Crippen molar-refractivity contribution in [3.63, 3.8) is 0 Å². The molecule has 0 aliphatic carbocycles. The number of halogens is 1. The molecule has 3 heteroatoms. The number of aldehydes is 1. The summed E-state index contributed by atoms with van der Waals surface area (Å²) < 4.78 is 13.1. The summed E-state index contributed by atoms with van der Waals surface area (Å²) in [4.78, 5) is 13.2. The molecule has 0 spiro atoms. The Labute approximate surface area is 109 Å². The van der Waals surface area contributed by atoms with Crippen LogP contribution in [0.3, 0.4) is 0 Å². The van der Waals surface area contributed by atoms with Crippen LogP contribution in [-0.2, 0) is 0 Å². The number of carbonyl (C=O) groups excluding carboxylic acids is 1. The van der Waals surface area contributed by atoms with Crippen molar-refractivity contribution < 1.29 is 9.18 Å². The summed E-state index contributed by atoms with van der Waals surface area (Å²) in [6.45, 7) is 6.12. The minimum Gasteiger partial charge on any atom is -0.371 e. The Bertz CT molecular complexity index is 371. The fourth-order valence-electron chi connectivity index (χ4n) is 1.96. The van der Waals surface area contributed by atoms with Gasteiger partial charge in [-0.3, -0.25) is 4.79 Å². The van der Waals surface area contributed by atoms with E-state index in [1.54, 1.807) is 6.07 Å². The quantitative estimate of drug-likeness (QED) is 0.650. The van der Waals surface area contributed by atoms with E-state index in [1.807, 2.05) is 0 Å². The predicted octanol–water partition coefficient (Wildman–Crippen LogP) is 4.04. The van der Waals surface area contributed by atoms with E-state index in [9.17, 15) is 9.18 Å². The molecule has 0 saturated carbocycles. The van der Waals surface area contributed by atoms with Crippen molar-refractivity contribution in [2.24, 2.45) is 0 Å². The molecule has 0 amide bonds. The summed E-state index contributed by atoms with van der Waals surface area (Å²) in [5.41, 5.74) is 1.30. The molecule has 0 N–H and O–H groups in total. The monoisotopic (exact) mass is 251 g/mol. The molecule has 0 radical (unpaired) electrons. The second-order valence-electron chi connectivity index (χ2n) is 4.52. The van der Waals surface area contributed by atoms with Gasteiger partial charge in [0.25, 0.3) is 0 Å². The van der Waals surface area contributed by atoms with Gasteiger partial charge in [0.1, 0.15) is 5.82 Å². The molecule has 0 fully saturated rings. The highest BCUT2D eigenvalue weighted by Gasteiger charge is 2.11. The van der Waals surface area contributed by atoms with Crippen LogP contribution in [0.25, 0.3) is 0 Å². The van der Waals surface area contributed by atoms with Gasteiger partial charge < -0.3 is 4.90 Å². The number of rotatable bonds is 8. The van der Waals surface area contributed by atoms with E-state index in [2.05, 4.69) is 18.7 Å². The molecule has 100 valence electrons. The van der Waals surface area contributed by atoms with Crippen molar-refractivity contribution in [1.29, 1.82) is 0 Å². The Morgan fingerprint density at radius 3 is 2.28 bits per heavy atom. The van der Waals surface area contributed by atoms with Gasteiger partial charge >= 0.3 is 0 Å². The summed E-state index contributed by atoms with van der Waals surface area (Å²) in [6.07, 6.45) is 5.13. The van der Waals surface area contributed by atoms with Crippen molar-refractivity contribution >= 4 is 12.0 Å². The number of hydrogen-bond donors (Lipinski definition) is 0. The second-order valence-corrected chi connectivity index (χ2v) is 4.52. The molecule has 0 heterocycles. The lowest BCUT2D eigenvalue weighted by molar-refractivity contribution is 0.112. The van der Waals surface area contributed by atoms with E-state index in [0.717, 1.165) is 50.7 Å². The maximum absolute atomic E-state index is 13.1. The summed E-state index contributed by atoms with van der Waals surface area (Å²) in [6, 6.07) is 4.45. The van der Waals surface area contributed by atoms with Crippen molar-refractivity contribution in [2.45, 2.75) is 39.5 Å². The van der Waals surface area contributed by atoms with Crippen LogP contribution in [0, 0.1) is 5.82 Å². The lowest BCUT2D eigenvalue weighted by atomic mass is 10.1. The van der Waals surface area contributed by atoms with Crippen molar-refractivity contribution in [1.82, 2.24) is 0 Å². The normalized spacial score (nSPS) is 10.4. The van der Waals surface area contributed by atoms with Gasteiger partial charge in [0.05, 0.1) is 0 Å². The summed E-state index contributed by atoms with van der Waals surface area (Å²) >= 11 is 0. The molecule has 0 aliphatic heterocycles. The molecule has 0 aliphatic rings. The highest BCUT2D eigenvalue weighted by atomic mass is 19.1. The lowest BCUT2D eigenvalue weighted by Crippen LogP contribution is -2.26. The number of benzene rings is 1. The number of anilines is 1. The Hall–Kier alpha value is -1.38. The first-order valence-electron chi connectivity index (χ1n) is 6.72. The fraction of sp³-hybridized carbons (Fsp3) is 0.533. The highest BCUT2D eigenvalue weighted by Crippen LogP contribution is 2.21. The zero-order chi connectivity index (χ0) is 13.4. The second kappa shape index (κ2) is 7.85. The maximum Gasteiger partial charge on any atom is 0.152 e. The molecule has 0 saturated heterocycles. The van der Waals surface area contributed by atoms with Crippen LogP contribution >= 0.6 is 0 Å². The van der Waals surface area contributed by atoms with Gasteiger partial charge in [-0.15, -0.1) is 0 Å². The number of unbranched alkanes of at least 4 members (excludes halogenated alkanes) is 2. The average Bonchev–Trinajstić information content (AvgIpc) is 2.39. The van der Waals surface area contributed by atoms with E-state index in [1.165, 1.54) is 12.1 Å². The topological polar surface area (TPSA) is 20.3 Å². The smallest absolute Gasteiger partial charge is 0.152 e. The zero-order valence-corrected chi connectivity index (χ0v) is 11.3. The summed E-state index contributed by atoms with van der Waals surface area (Å²) in [5, 5.41) is 0. The van der Waals surface area contributed by atoms with Crippen LogP contribution in [0.2, 0.25) is 0 Å². The molecule has 0 bridgehead atoms. The first-order valence-corrected chi connectivity index (χ1v) is 6.72. The molecule has 2 nitrogen and oxygen atoms in total. The molecule has 1 aromatic rings. The molecule has 1 aromatic carbocycles. The largest absolute Gasteiger partial charge is 0.371 e. The first-order chi connectivity index (χ1) is 8.72. The zero-order valence-electron chi connectivity index (χ0n) is 11.3. The van der Waals surface area contributed by atoms with Crippen LogP contribution < -0.4 is 4.90 Å². The van der Waals surface area contributed by atoms with E-state index >= 15 is 0 Å². The van der Waals surface area contributed by atoms with Crippen LogP contribution in [0.1, 0.15) is 49.9 Å². The Morgan fingerprint density at radius 1 is 1.17 bits per heavy atom. The molecule has 0 aromatic heterocycles. The minimum absolute atomic E-state index is 0.355. The van der Waals surface area contributed by atoms with Crippen LogP contribution in [0.15, 0.2) is 18.2 Å². The molecule has 1 rings (SSSR count). The van der Waals surface area contributed by atoms with Crippen molar-refractivity contribution in [2.75, 3.05) is 18.0 Å². The van der Waals surface area contributed by atoms with Crippen molar-refractivity contribution in [3.05, 3.63) is 29.6 Å². The van der Waals surface area contributed by atoms with Gasteiger partial charge in [-0.2, -0.15) is 0 Å². The third-order valence-corrected chi connectivity index (χ3v) is 3.02.